The second-order valence-electron chi connectivity index (χ2n) is 6.25. The zero-order chi connectivity index (χ0) is 18.6. The molecule has 1 unspecified atom stereocenters. The Labute approximate surface area is 158 Å². The Balaban J connectivity index is 1.72. The van der Waals surface area contributed by atoms with Gasteiger partial charge in [0.15, 0.2) is 0 Å². The molecule has 1 aliphatic heterocycles. The minimum absolute atomic E-state index is 0.0187. The highest BCUT2D eigenvalue weighted by Crippen LogP contribution is 2.36. The Morgan fingerprint density at radius 1 is 1.04 bits per heavy atom. The van der Waals surface area contributed by atoms with Crippen LogP contribution in [-0.4, -0.2) is 17.8 Å². The van der Waals surface area contributed by atoms with Gasteiger partial charge in [-0.1, -0.05) is 18.2 Å². The molecule has 0 fully saturated rings. The lowest BCUT2D eigenvalue weighted by Gasteiger charge is -2.23. The molecule has 0 amide bonds. The number of benzene rings is 2. The smallest absolute Gasteiger partial charge is 0.119 e. The number of anilines is 1. The van der Waals surface area contributed by atoms with Gasteiger partial charge in [-0.15, -0.1) is 0 Å². The molecule has 0 N–H and O–H groups in total. The lowest BCUT2D eigenvalue weighted by Crippen LogP contribution is -2.19. The first-order valence-electron chi connectivity index (χ1n) is 8.71. The van der Waals surface area contributed by atoms with E-state index in [0.29, 0.717) is 5.56 Å². The molecular formula is C22H18N4O. The van der Waals surface area contributed by atoms with E-state index in [0.717, 1.165) is 34.8 Å². The normalized spacial score (nSPS) is 15.9. The fraction of sp³-hybridized carbons (Fsp3) is 0.136. The van der Waals surface area contributed by atoms with Gasteiger partial charge in [0.25, 0.3) is 0 Å². The van der Waals surface area contributed by atoms with Gasteiger partial charge in [-0.25, -0.2) is 0 Å². The summed E-state index contributed by atoms with van der Waals surface area (Å²) in [5.74, 6) is 0.809. The predicted octanol–water partition coefficient (Wildman–Crippen LogP) is 4.32. The van der Waals surface area contributed by atoms with Crippen molar-refractivity contribution in [2.75, 3.05) is 12.1 Å². The van der Waals surface area contributed by atoms with Crippen LogP contribution in [0.3, 0.4) is 0 Å². The van der Waals surface area contributed by atoms with Crippen LogP contribution in [0.4, 0.5) is 5.69 Å². The van der Waals surface area contributed by atoms with Gasteiger partial charge in [0.05, 0.1) is 35.8 Å². The summed E-state index contributed by atoms with van der Waals surface area (Å²) in [6.45, 7) is 0. The van der Waals surface area contributed by atoms with Crippen LogP contribution in [0.25, 0.3) is 0 Å². The van der Waals surface area contributed by atoms with Crippen LogP contribution in [0.15, 0.2) is 78.0 Å². The topological polar surface area (TPSA) is 61.5 Å². The molecule has 0 aliphatic carbocycles. The molecule has 0 bridgehead atoms. The molecule has 1 aliphatic rings. The number of rotatable bonds is 4. The van der Waals surface area contributed by atoms with Crippen LogP contribution in [0.2, 0.25) is 0 Å². The number of ether oxygens (including phenoxy) is 1. The number of methoxy groups -OCH3 is 1. The van der Waals surface area contributed by atoms with Crippen LogP contribution in [-0.2, 0) is 0 Å². The Hall–Kier alpha value is -3.65. The summed E-state index contributed by atoms with van der Waals surface area (Å²) in [7, 11) is 1.66. The van der Waals surface area contributed by atoms with E-state index in [-0.39, 0.29) is 6.04 Å². The lowest BCUT2D eigenvalue weighted by atomic mass is 10.0. The highest BCUT2D eigenvalue weighted by molar-refractivity contribution is 6.03. The molecular weight excluding hydrogens is 336 g/mol. The summed E-state index contributed by atoms with van der Waals surface area (Å²) >= 11 is 0. The van der Waals surface area contributed by atoms with E-state index in [9.17, 15) is 0 Å². The fourth-order valence-electron chi connectivity index (χ4n) is 3.20. The zero-order valence-electron chi connectivity index (χ0n) is 14.9. The summed E-state index contributed by atoms with van der Waals surface area (Å²) < 4.78 is 5.26. The predicted molar refractivity (Wildman–Crippen MR) is 105 cm³/mol. The van der Waals surface area contributed by atoms with Crippen LogP contribution < -0.4 is 9.75 Å². The molecule has 0 radical (unpaired) electrons. The van der Waals surface area contributed by atoms with E-state index >= 15 is 0 Å². The average Bonchev–Trinajstić information content (AvgIpc) is 3.20. The number of hydrogen-bond donors (Lipinski definition) is 0. The van der Waals surface area contributed by atoms with Crippen molar-refractivity contribution in [3.05, 3.63) is 89.7 Å². The molecule has 27 heavy (non-hydrogen) atoms. The summed E-state index contributed by atoms with van der Waals surface area (Å²) in [5, 5.41) is 15.9. The molecule has 132 valence electrons. The first-order valence-corrected chi connectivity index (χ1v) is 8.71. The number of nitrogens with zero attached hydrogens (tertiary/aromatic N) is 4. The fourth-order valence-corrected chi connectivity index (χ4v) is 3.20. The van der Waals surface area contributed by atoms with E-state index in [4.69, 9.17) is 15.1 Å². The Kier molecular flexibility index (Phi) is 4.54. The highest BCUT2D eigenvalue weighted by Gasteiger charge is 2.30. The molecule has 1 aromatic heterocycles. The van der Waals surface area contributed by atoms with Gasteiger partial charge in [-0.3, -0.25) is 9.99 Å². The summed E-state index contributed by atoms with van der Waals surface area (Å²) in [5.41, 5.74) is 4.60. The van der Waals surface area contributed by atoms with Gasteiger partial charge < -0.3 is 4.74 Å². The standard InChI is InChI=1S/C22H18N4O/c1-27-19-11-9-18(10-12-19)26-22(20-4-2-3-13-24-20)14-21(25-26)17-7-5-16(15-23)6-8-17/h2-13,22H,14H2,1H3. The monoisotopic (exact) mass is 354 g/mol. The molecule has 0 saturated carbocycles. The highest BCUT2D eigenvalue weighted by atomic mass is 16.5. The van der Waals surface area contributed by atoms with Crippen molar-refractivity contribution < 1.29 is 4.74 Å². The van der Waals surface area contributed by atoms with E-state index in [1.54, 1.807) is 13.3 Å². The molecule has 5 heteroatoms. The molecule has 5 nitrogen and oxygen atoms in total. The van der Waals surface area contributed by atoms with Crippen molar-refractivity contribution in [3.63, 3.8) is 0 Å². The third-order valence-corrected chi connectivity index (χ3v) is 4.62. The number of hydrazone groups is 1. The van der Waals surface area contributed by atoms with Crippen molar-refractivity contribution in [3.8, 4) is 11.8 Å². The van der Waals surface area contributed by atoms with Crippen LogP contribution >= 0.6 is 0 Å². The minimum Gasteiger partial charge on any atom is -0.497 e. The van der Waals surface area contributed by atoms with E-state index in [1.807, 2.05) is 71.7 Å². The average molecular weight is 354 g/mol. The Morgan fingerprint density at radius 2 is 1.81 bits per heavy atom. The van der Waals surface area contributed by atoms with E-state index in [1.165, 1.54) is 0 Å². The third-order valence-electron chi connectivity index (χ3n) is 4.62. The molecule has 0 spiro atoms. The van der Waals surface area contributed by atoms with Crippen molar-refractivity contribution in [1.82, 2.24) is 4.98 Å². The van der Waals surface area contributed by atoms with Crippen LogP contribution in [0.5, 0.6) is 5.75 Å². The summed E-state index contributed by atoms with van der Waals surface area (Å²) in [6, 6.07) is 23.5. The molecule has 3 aromatic rings. The Morgan fingerprint density at radius 3 is 2.44 bits per heavy atom. The first-order chi connectivity index (χ1) is 13.3. The molecule has 4 rings (SSSR count). The Bertz CT molecular complexity index is 989. The van der Waals surface area contributed by atoms with E-state index < -0.39 is 0 Å². The largest absolute Gasteiger partial charge is 0.497 e. The number of hydrogen-bond acceptors (Lipinski definition) is 5. The maximum Gasteiger partial charge on any atom is 0.119 e. The van der Waals surface area contributed by atoms with Gasteiger partial charge >= 0.3 is 0 Å². The minimum atomic E-state index is 0.0187. The van der Waals surface area contributed by atoms with Crippen molar-refractivity contribution in [2.45, 2.75) is 12.5 Å². The summed E-state index contributed by atoms with van der Waals surface area (Å²) in [6.07, 6.45) is 2.55. The second-order valence-corrected chi connectivity index (χ2v) is 6.25. The zero-order valence-corrected chi connectivity index (χ0v) is 14.9. The first kappa shape index (κ1) is 16.8. The summed E-state index contributed by atoms with van der Waals surface area (Å²) in [4.78, 5) is 4.54. The molecule has 1 atom stereocenters. The van der Waals surface area contributed by atoms with Gasteiger partial charge in [0.2, 0.25) is 0 Å². The van der Waals surface area contributed by atoms with Crippen molar-refractivity contribution in [2.24, 2.45) is 5.10 Å². The molecule has 2 heterocycles. The molecule has 2 aromatic carbocycles. The molecule has 0 saturated heterocycles. The number of nitriles is 1. The van der Waals surface area contributed by atoms with Gasteiger partial charge in [-0.2, -0.15) is 10.4 Å². The van der Waals surface area contributed by atoms with Gasteiger partial charge in [0.1, 0.15) is 11.8 Å². The maximum absolute atomic E-state index is 9.01. The van der Waals surface area contributed by atoms with Crippen LogP contribution in [0.1, 0.15) is 29.3 Å². The lowest BCUT2D eigenvalue weighted by molar-refractivity contribution is 0.415. The quantitative estimate of drug-likeness (QED) is 0.700. The third kappa shape index (κ3) is 3.38. The van der Waals surface area contributed by atoms with Gasteiger partial charge in [-0.05, 0) is 54.1 Å². The van der Waals surface area contributed by atoms with Crippen molar-refractivity contribution >= 4 is 11.4 Å². The maximum atomic E-state index is 9.01. The van der Waals surface area contributed by atoms with Crippen molar-refractivity contribution in [1.29, 1.82) is 5.26 Å². The number of aromatic nitrogens is 1. The van der Waals surface area contributed by atoms with E-state index in [2.05, 4.69) is 11.1 Å². The van der Waals surface area contributed by atoms with Gasteiger partial charge in [0, 0.05) is 12.6 Å². The SMILES string of the molecule is COc1ccc(N2N=C(c3ccc(C#N)cc3)CC2c2ccccn2)cc1. The number of pyridine rings is 1. The second kappa shape index (κ2) is 7.30. The van der Waals surface area contributed by atoms with Crippen LogP contribution in [0, 0.1) is 11.3 Å².